The molecule has 3 atom stereocenters. The maximum absolute atomic E-state index is 12.2. The molecule has 5 heteroatoms. The fourth-order valence-electron chi connectivity index (χ4n) is 3.01. The van der Waals surface area contributed by atoms with Gasteiger partial charge in [0.1, 0.15) is 0 Å². The Morgan fingerprint density at radius 3 is 2.37 bits per heavy atom. The van der Waals surface area contributed by atoms with Crippen molar-refractivity contribution in [2.24, 2.45) is 17.3 Å². The lowest BCUT2D eigenvalue weighted by atomic mass is 9.70. The van der Waals surface area contributed by atoms with E-state index in [2.05, 4.69) is 25.5 Å². The maximum atomic E-state index is 12.2. The average molecular weight is 310 g/mol. The van der Waals surface area contributed by atoms with Crippen LogP contribution in [0.4, 0.5) is 0 Å². The zero-order valence-electron chi connectivity index (χ0n) is 12.6. The normalized spacial score (nSPS) is 27.2. The summed E-state index contributed by atoms with van der Waals surface area (Å²) in [7, 11) is -3.22. The van der Waals surface area contributed by atoms with Gasteiger partial charge in [0.25, 0.3) is 0 Å². The summed E-state index contributed by atoms with van der Waals surface area (Å²) in [6, 6.07) is 0.0845. The van der Waals surface area contributed by atoms with Crippen LogP contribution in [0.3, 0.4) is 0 Å². The van der Waals surface area contributed by atoms with E-state index in [-0.39, 0.29) is 23.1 Å². The van der Waals surface area contributed by atoms with Crippen LogP contribution in [0, 0.1) is 17.3 Å². The lowest BCUT2D eigenvalue weighted by Crippen LogP contribution is -2.47. The van der Waals surface area contributed by atoms with Gasteiger partial charge in [-0.05, 0) is 30.1 Å². The first-order chi connectivity index (χ1) is 8.65. The summed E-state index contributed by atoms with van der Waals surface area (Å²) < 4.78 is 27.3. The van der Waals surface area contributed by atoms with Crippen LogP contribution in [-0.4, -0.2) is 26.1 Å². The fraction of sp³-hybridized carbons (Fsp3) is 1.00. The van der Waals surface area contributed by atoms with Gasteiger partial charge < -0.3 is 0 Å². The van der Waals surface area contributed by atoms with E-state index in [0.29, 0.717) is 11.8 Å². The monoisotopic (exact) mass is 309 g/mol. The molecule has 1 fully saturated rings. The molecule has 1 rings (SSSR count). The lowest BCUT2D eigenvalue weighted by Gasteiger charge is -2.40. The Morgan fingerprint density at radius 1 is 1.26 bits per heavy atom. The molecule has 1 saturated carbocycles. The summed E-state index contributed by atoms with van der Waals surface area (Å²) >= 11 is 5.71. The summed E-state index contributed by atoms with van der Waals surface area (Å²) in [6.07, 6.45) is 4.39. The Hall–Kier alpha value is 0.200. The van der Waals surface area contributed by atoms with Crippen molar-refractivity contribution in [3.63, 3.8) is 0 Å². The van der Waals surface area contributed by atoms with Gasteiger partial charge >= 0.3 is 0 Å². The van der Waals surface area contributed by atoms with Crippen LogP contribution in [0.1, 0.15) is 53.4 Å². The van der Waals surface area contributed by atoms with Gasteiger partial charge in [-0.25, -0.2) is 13.1 Å². The predicted octanol–water partition coefficient (Wildman–Crippen LogP) is 3.39. The first kappa shape index (κ1) is 17.3. The maximum Gasteiger partial charge on any atom is 0.212 e. The predicted molar refractivity (Wildman–Crippen MR) is 82.0 cm³/mol. The highest BCUT2D eigenvalue weighted by atomic mass is 35.5. The number of nitrogens with one attached hydrogen (secondary N) is 1. The van der Waals surface area contributed by atoms with Gasteiger partial charge in [-0.15, -0.1) is 11.6 Å². The first-order valence-corrected chi connectivity index (χ1v) is 9.40. The largest absolute Gasteiger partial charge is 0.212 e. The molecule has 0 aromatic rings. The first-order valence-electron chi connectivity index (χ1n) is 7.21. The average Bonchev–Trinajstić information content (AvgIpc) is 2.26. The molecule has 0 radical (unpaired) electrons. The quantitative estimate of drug-likeness (QED) is 0.791. The summed E-state index contributed by atoms with van der Waals surface area (Å²) in [5.74, 6) is 0.927. The number of halogens is 1. The zero-order valence-corrected chi connectivity index (χ0v) is 14.1. The van der Waals surface area contributed by atoms with E-state index in [1.165, 1.54) is 6.42 Å². The summed E-state index contributed by atoms with van der Waals surface area (Å²) in [5, 5.41) is 0. The molecular formula is C14H28ClNO2S. The highest BCUT2D eigenvalue weighted by molar-refractivity contribution is 7.89. The van der Waals surface area contributed by atoms with E-state index >= 15 is 0 Å². The van der Waals surface area contributed by atoms with Crippen LogP contribution in [0.5, 0.6) is 0 Å². The van der Waals surface area contributed by atoms with Crippen LogP contribution >= 0.6 is 11.6 Å². The SMILES string of the molecule is CC(CCl)CS(=O)(=O)NC1CCCCC1C(C)(C)C. The summed E-state index contributed by atoms with van der Waals surface area (Å²) in [4.78, 5) is 0. The minimum absolute atomic E-state index is 0.00385. The number of rotatable bonds is 5. The minimum Gasteiger partial charge on any atom is -0.212 e. The molecule has 3 nitrogen and oxygen atoms in total. The van der Waals surface area contributed by atoms with E-state index in [1.807, 2.05) is 6.92 Å². The van der Waals surface area contributed by atoms with E-state index in [4.69, 9.17) is 11.6 Å². The van der Waals surface area contributed by atoms with Crippen LogP contribution in [-0.2, 0) is 10.0 Å². The second-order valence-corrected chi connectivity index (χ2v) is 9.13. The molecule has 0 heterocycles. The molecule has 0 aromatic carbocycles. The van der Waals surface area contributed by atoms with Crippen LogP contribution in [0.25, 0.3) is 0 Å². The van der Waals surface area contributed by atoms with Crippen molar-refractivity contribution < 1.29 is 8.42 Å². The summed E-state index contributed by atoms with van der Waals surface area (Å²) in [6.45, 7) is 8.47. The molecular weight excluding hydrogens is 282 g/mol. The van der Waals surface area contributed by atoms with Crippen molar-refractivity contribution in [3.05, 3.63) is 0 Å². The molecule has 1 N–H and O–H groups in total. The van der Waals surface area contributed by atoms with Crippen LogP contribution in [0.2, 0.25) is 0 Å². The minimum atomic E-state index is -3.22. The van der Waals surface area contributed by atoms with Crippen molar-refractivity contribution in [2.45, 2.75) is 59.4 Å². The van der Waals surface area contributed by atoms with Crippen molar-refractivity contribution in [2.75, 3.05) is 11.6 Å². The third-order valence-electron chi connectivity index (χ3n) is 3.98. The number of hydrogen-bond acceptors (Lipinski definition) is 2. The smallest absolute Gasteiger partial charge is 0.212 e. The molecule has 3 unspecified atom stereocenters. The number of alkyl halides is 1. The molecule has 0 spiro atoms. The molecule has 0 aliphatic heterocycles. The van der Waals surface area contributed by atoms with Gasteiger partial charge in [0.2, 0.25) is 10.0 Å². The number of sulfonamides is 1. The van der Waals surface area contributed by atoms with Gasteiger partial charge in [0.15, 0.2) is 0 Å². The topological polar surface area (TPSA) is 46.2 Å². The van der Waals surface area contributed by atoms with E-state index in [0.717, 1.165) is 19.3 Å². The molecule has 19 heavy (non-hydrogen) atoms. The highest BCUT2D eigenvalue weighted by Gasteiger charge is 2.36. The third-order valence-corrected chi connectivity index (χ3v) is 6.17. The third kappa shape index (κ3) is 5.60. The molecule has 1 aliphatic rings. The fourth-order valence-corrected chi connectivity index (χ4v) is 4.95. The Kier molecular flexibility index (Phi) is 6.15. The standard InChI is InChI=1S/C14H28ClNO2S/c1-11(9-15)10-19(17,18)16-13-8-6-5-7-12(13)14(2,3)4/h11-13,16H,5-10H2,1-4H3. The Bertz CT molecular complexity index is 375. The van der Waals surface area contributed by atoms with Crippen LogP contribution < -0.4 is 4.72 Å². The lowest BCUT2D eigenvalue weighted by molar-refractivity contribution is 0.144. The van der Waals surface area contributed by atoms with Gasteiger partial charge in [0.05, 0.1) is 5.75 Å². The molecule has 0 aromatic heterocycles. The van der Waals surface area contributed by atoms with Crippen molar-refractivity contribution >= 4 is 21.6 Å². The zero-order chi connectivity index (χ0) is 14.7. The van der Waals surface area contributed by atoms with Gasteiger partial charge in [-0.3, -0.25) is 0 Å². The molecule has 114 valence electrons. The second kappa shape index (κ2) is 6.77. The van der Waals surface area contributed by atoms with Crippen molar-refractivity contribution in [3.8, 4) is 0 Å². The van der Waals surface area contributed by atoms with E-state index < -0.39 is 10.0 Å². The van der Waals surface area contributed by atoms with Crippen molar-refractivity contribution in [1.82, 2.24) is 4.72 Å². The number of hydrogen-bond donors (Lipinski definition) is 1. The molecule has 1 aliphatic carbocycles. The summed E-state index contributed by atoms with van der Waals surface area (Å²) in [5.41, 5.74) is 0.145. The van der Waals surface area contributed by atoms with Gasteiger partial charge in [-0.2, -0.15) is 0 Å². The van der Waals surface area contributed by atoms with Crippen LogP contribution in [0.15, 0.2) is 0 Å². The Labute approximate surface area is 123 Å². The van der Waals surface area contributed by atoms with Gasteiger partial charge in [-0.1, -0.05) is 40.5 Å². The molecule has 0 saturated heterocycles. The molecule has 0 amide bonds. The van der Waals surface area contributed by atoms with E-state index in [1.54, 1.807) is 0 Å². The Morgan fingerprint density at radius 2 is 1.84 bits per heavy atom. The molecule has 0 bridgehead atoms. The van der Waals surface area contributed by atoms with E-state index in [9.17, 15) is 8.42 Å². The van der Waals surface area contributed by atoms with Crippen molar-refractivity contribution in [1.29, 1.82) is 0 Å². The second-order valence-electron chi connectivity index (χ2n) is 7.02. The highest BCUT2D eigenvalue weighted by Crippen LogP contribution is 2.38. The van der Waals surface area contributed by atoms with Gasteiger partial charge in [0, 0.05) is 11.9 Å². The Balaban J connectivity index is 2.72.